The van der Waals surface area contributed by atoms with E-state index in [1.54, 1.807) is 0 Å². The Morgan fingerprint density at radius 1 is 1.40 bits per heavy atom. The van der Waals surface area contributed by atoms with Crippen molar-refractivity contribution in [2.45, 2.75) is 26.2 Å². The fourth-order valence-electron chi connectivity index (χ4n) is 1.34. The Balaban J connectivity index is 2.33. The van der Waals surface area contributed by atoms with Crippen molar-refractivity contribution < 1.29 is 4.79 Å². The second-order valence-corrected chi connectivity index (χ2v) is 2.83. The summed E-state index contributed by atoms with van der Waals surface area (Å²) in [6, 6.07) is 0. The number of nitrogens with zero attached hydrogens (tertiary/aromatic N) is 1. The average molecular weight is 141 g/mol. The first-order valence-electron chi connectivity index (χ1n) is 4.07. The molecule has 0 radical (unpaired) electrons. The highest BCUT2D eigenvalue weighted by Gasteiger charge is 2.11. The standard InChI is InChI=1S/C8H15NO/c1-2-9-6-3-4-8(10)5-7-9/h2-7H2,1H3. The first-order valence-corrected chi connectivity index (χ1v) is 4.07. The van der Waals surface area contributed by atoms with Crippen molar-refractivity contribution in [3.05, 3.63) is 0 Å². The number of hydrogen-bond donors (Lipinski definition) is 0. The molecule has 0 aromatic rings. The molecule has 0 aromatic carbocycles. The largest absolute Gasteiger partial charge is 0.303 e. The summed E-state index contributed by atoms with van der Waals surface area (Å²) in [6.07, 6.45) is 2.64. The van der Waals surface area contributed by atoms with Gasteiger partial charge in [-0.15, -0.1) is 0 Å². The molecule has 1 saturated heterocycles. The van der Waals surface area contributed by atoms with Gasteiger partial charge in [0.15, 0.2) is 0 Å². The lowest BCUT2D eigenvalue weighted by molar-refractivity contribution is -0.118. The Labute approximate surface area is 62.2 Å². The summed E-state index contributed by atoms with van der Waals surface area (Å²) >= 11 is 0. The minimum Gasteiger partial charge on any atom is -0.303 e. The van der Waals surface area contributed by atoms with Crippen LogP contribution in [0.5, 0.6) is 0 Å². The molecular formula is C8H15NO. The maximum absolute atomic E-state index is 10.9. The summed E-state index contributed by atoms with van der Waals surface area (Å²) in [4.78, 5) is 13.3. The van der Waals surface area contributed by atoms with E-state index in [2.05, 4.69) is 11.8 Å². The van der Waals surface area contributed by atoms with Gasteiger partial charge in [0.25, 0.3) is 0 Å². The number of hydrogen-bond acceptors (Lipinski definition) is 2. The van der Waals surface area contributed by atoms with Gasteiger partial charge in [-0.05, 0) is 19.5 Å². The maximum Gasteiger partial charge on any atom is 0.134 e. The van der Waals surface area contributed by atoms with E-state index in [1.165, 1.54) is 0 Å². The normalized spacial score (nSPS) is 22.7. The highest BCUT2D eigenvalue weighted by molar-refractivity contribution is 5.78. The fourth-order valence-corrected chi connectivity index (χ4v) is 1.34. The van der Waals surface area contributed by atoms with Crippen LogP contribution in [-0.4, -0.2) is 30.3 Å². The Hall–Kier alpha value is -0.370. The molecule has 1 aliphatic rings. The van der Waals surface area contributed by atoms with Gasteiger partial charge in [0, 0.05) is 19.4 Å². The molecule has 58 valence electrons. The van der Waals surface area contributed by atoms with Crippen LogP contribution in [0.15, 0.2) is 0 Å². The van der Waals surface area contributed by atoms with Crippen molar-refractivity contribution in [1.29, 1.82) is 0 Å². The molecule has 0 bridgehead atoms. The van der Waals surface area contributed by atoms with Gasteiger partial charge in [-0.1, -0.05) is 6.92 Å². The summed E-state index contributed by atoms with van der Waals surface area (Å²) in [5, 5.41) is 0. The van der Waals surface area contributed by atoms with Crippen molar-refractivity contribution in [3.8, 4) is 0 Å². The quantitative estimate of drug-likeness (QED) is 0.544. The molecule has 10 heavy (non-hydrogen) atoms. The smallest absolute Gasteiger partial charge is 0.134 e. The van der Waals surface area contributed by atoms with E-state index in [9.17, 15) is 4.79 Å². The minimum atomic E-state index is 0.441. The van der Waals surface area contributed by atoms with Crippen LogP contribution in [0.4, 0.5) is 0 Å². The Morgan fingerprint density at radius 2 is 2.20 bits per heavy atom. The molecule has 0 amide bonds. The lowest BCUT2D eigenvalue weighted by atomic mass is 10.2. The molecule has 1 fully saturated rings. The molecule has 2 nitrogen and oxygen atoms in total. The molecule has 0 spiro atoms. The van der Waals surface area contributed by atoms with Crippen molar-refractivity contribution in [2.75, 3.05) is 19.6 Å². The van der Waals surface area contributed by atoms with Crippen LogP contribution in [0.2, 0.25) is 0 Å². The van der Waals surface area contributed by atoms with Crippen molar-refractivity contribution >= 4 is 5.78 Å². The summed E-state index contributed by atoms with van der Waals surface area (Å²) < 4.78 is 0. The second-order valence-electron chi connectivity index (χ2n) is 2.83. The SMILES string of the molecule is CCN1CCCC(=O)CC1. The van der Waals surface area contributed by atoms with E-state index < -0.39 is 0 Å². The summed E-state index contributed by atoms with van der Waals surface area (Å²) in [6.45, 7) is 5.33. The van der Waals surface area contributed by atoms with E-state index in [1.807, 2.05) is 0 Å². The molecule has 0 aliphatic carbocycles. The van der Waals surface area contributed by atoms with Crippen LogP contribution in [0.25, 0.3) is 0 Å². The Kier molecular flexibility index (Phi) is 2.87. The van der Waals surface area contributed by atoms with Gasteiger partial charge >= 0.3 is 0 Å². The molecule has 0 saturated carbocycles. The fraction of sp³-hybridized carbons (Fsp3) is 0.875. The van der Waals surface area contributed by atoms with Crippen LogP contribution < -0.4 is 0 Å². The number of ketones is 1. The summed E-state index contributed by atoms with van der Waals surface area (Å²) in [5.74, 6) is 0.441. The third kappa shape index (κ3) is 2.10. The zero-order chi connectivity index (χ0) is 7.40. The molecular weight excluding hydrogens is 126 g/mol. The summed E-state index contributed by atoms with van der Waals surface area (Å²) in [5.41, 5.74) is 0. The minimum absolute atomic E-state index is 0.441. The van der Waals surface area contributed by atoms with Gasteiger partial charge < -0.3 is 4.90 Å². The molecule has 0 aromatic heterocycles. The molecule has 0 unspecified atom stereocenters. The predicted molar refractivity (Wildman–Crippen MR) is 41.0 cm³/mol. The van der Waals surface area contributed by atoms with E-state index in [-0.39, 0.29) is 0 Å². The first-order chi connectivity index (χ1) is 4.83. The summed E-state index contributed by atoms with van der Waals surface area (Å²) in [7, 11) is 0. The van der Waals surface area contributed by atoms with Gasteiger partial charge in [0.2, 0.25) is 0 Å². The van der Waals surface area contributed by atoms with Crippen LogP contribution in [0.3, 0.4) is 0 Å². The lowest BCUT2D eigenvalue weighted by Gasteiger charge is -2.15. The molecule has 0 atom stereocenters. The van der Waals surface area contributed by atoms with Gasteiger partial charge in [-0.25, -0.2) is 0 Å². The number of likely N-dealkylation sites (tertiary alicyclic amines) is 1. The maximum atomic E-state index is 10.9. The van der Waals surface area contributed by atoms with Crippen molar-refractivity contribution in [1.82, 2.24) is 4.90 Å². The zero-order valence-electron chi connectivity index (χ0n) is 6.60. The predicted octanol–water partition coefficient (Wildman–Crippen LogP) is 1.06. The van der Waals surface area contributed by atoms with Crippen LogP contribution in [0, 0.1) is 0 Å². The third-order valence-corrected chi connectivity index (χ3v) is 2.08. The topological polar surface area (TPSA) is 20.3 Å². The van der Waals surface area contributed by atoms with E-state index in [4.69, 9.17) is 0 Å². The van der Waals surface area contributed by atoms with Gasteiger partial charge in [0.1, 0.15) is 5.78 Å². The van der Waals surface area contributed by atoms with E-state index >= 15 is 0 Å². The monoisotopic (exact) mass is 141 g/mol. The number of Topliss-reactive ketones (excluding diaryl/α,β-unsaturated/α-hetero) is 1. The number of carbonyl (C=O) groups is 1. The Bertz CT molecular complexity index is 122. The van der Waals surface area contributed by atoms with Crippen molar-refractivity contribution in [2.24, 2.45) is 0 Å². The average Bonchev–Trinajstić information content (AvgIpc) is 2.14. The van der Waals surface area contributed by atoms with Crippen LogP contribution in [-0.2, 0) is 4.79 Å². The highest BCUT2D eigenvalue weighted by atomic mass is 16.1. The van der Waals surface area contributed by atoms with Crippen molar-refractivity contribution in [3.63, 3.8) is 0 Å². The van der Waals surface area contributed by atoms with E-state index in [0.29, 0.717) is 5.78 Å². The molecule has 1 rings (SSSR count). The third-order valence-electron chi connectivity index (χ3n) is 2.08. The highest BCUT2D eigenvalue weighted by Crippen LogP contribution is 2.05. The van der Waals surface area contributed by atoms with Crippen LogP contribution in [0.1, 0.15) is 26.2 Å². The zero-order valence-corrected chi connectivity index (χ0v) is 6.60. The molecule has 2 heteroatoms. The molecule has 0 N–H and O–H groups in total. The number of carbonyl (C=O) groups excluding carboxylic acids is 1. The second kappa shape index (κ2) is 3.71. The molecule has 1 heterocycles. The number of rotatable bonds is 1. The molecule has 1 aliphatic heterocycles. The van der Waals surface area contributed by atoms with E-state index in [0.717, 1.165) is 38.9 Å². The van der Waals surface area contributed by atoms with Gasteiger partial charge in [-0.3, -0.25) is 4.79 Å². The Morgan fingerprint density at radius 3 is 2.90 bits per heavy atom. The first kappa shape index (κ1) is 7.73. The van der Waals surface area contributed by atoms with Crippen LogP contribution >= 0.6 is 0 Å². The van der Waals surface area contributed by atoms with Gasteiger partial charge in [-0.2, -0.15) is 0 Å². The van der Waals surface area contributed by atoms with Gasteiger partial charge in [0.05, 0.1) is 0 Å². The lowest BCUT2D eigenvalue weighted by Crippen LogP contribution is -2.24.